The van der Waals surface area contributed by atoms with E-state index in [0.717, 1.165) is 25.2 Å². The normalized spacial score (nSPS) is 24.2. The molecule has 114 valence electrons. The number of nitrogens with one attached hydrogen (secondary N) is 1. The van der Waals surface area contributed by atoms with E-state index in [2.05, 4.69) is 58.5 Å². The molecule has 0 saturated carbocycles. The molecule has 1 fully saturated rings. The summed E-state index contributed by atoms with van der Waals surface area (Å²) in [5.74, 6) is 0. The topological polar surface area (TPSA) is 39.1 Å². The van der Waals surface area contributed by atoms with Crippen LogP contribution in [-0.2, 0) is 11.3 Å². The molecule has 4 nitrogen and oxygen atoms in total. The lowest BCUT2D eigenvalue weighted by molar-refractivity contribution is -0.0739. The minimum Gasteiger partial charge on any atom is -0.367 e. The van der Waals surface area contributed by atoms with Crippen LogP contribution in [0.25, 0.3) is 0 Å². The number of rotatable bonds is 4. The zero-order chi connectivity index (χ0) is 15.1. The van der Waals surface area contributed by atoms with Gasteiger partial charge < -0.3 is 10.1 Å². The van der Waals surface area contributed by atoms with Gasteiger partial charge in [0, 0.05) is 24.2 Å². The third-order valence-electron chi connectivity index (χ3n) is 4.35. The van der Waals surface area contributed by atoms with E-state index in [0.29, 0.717) is 6.04 Å². The highest BCUT2D eigenvalue weighted by molar-refractivity contribution is 5.25. The second kappa shape index (κ2) is 5.15. The van der Waals surface area contributed by atoms with E-state index in [1.165, 1.54) is 11.3 Å². The average molecular weight is 279 g/mol. The maximum atomic E-state index is 6.21. The molecule has 2 rings (SSSR count). The Morgan fingerprint density at radius 2 is 1.95 bits per heavy atom. The van der Waals surface area contributed by atoms with Crippen molar-refractivity contribution in [2.24, 2.45) is 0 Å². The summed E-state index contributed by atoms with van der Waals surface area (Å²) in [6, 6.07) is 0.298. The van der Waals surface area contributed by atoms with Gasteiger partial charge in [0.05, 0.1) is 22.9 Å². The van der Waals surface area contributed by atoms with Gasteiger partial charge in [-0.15, -0.1) is 0 Å². The minimum atomic E-state index is -0.178. The van der Waals surface area contributed by atoms with Crippen LogP contribution in [0, 0.1) is 13.8 Å². The van der Waals surface area contributed by atoms with E-state index in [-0.39, 0.29) is 11.2 Å². The molecule has 0 amide bonds. The SMILES string of the molecule is CCNCc1c(C)nn(C2CC(C)(C)OC2(C)C)c1C. The van der Waals surface area contributed by atoms with Crippen molar-refractivity contribution in [2.75, 3.05) is 6.54 Å². The Balaban J connectivity index is 2.34. The summed E-state index contributed by atoms with van der Waals surface area (Å²) in [7, 11) is 0. The van der Waals surface area contributed by atoms with Gasteiger partial charge in [0.15, 0.2) is 0 Å². The molecular formula is C16H29N3O. The number of hydrogen-bond donors (Lipinski definition) is 1. The summed E-state index contributed by atoms with van der Waals surface area (Å²) < 4.78 is 8.40. The van der Waals surface area contributed by atoms with Crippen molar-refractivity contribution in [1.82, 2.24) is 15.1 Å². The summed E-state index contributed by atoms with van der Waals surface area (Å²) in [5.41, 5.74) is 3.46. The molecule has 0 aromatic carbocycles. The van der Waals surface area contributed by atoms with E-state index >= 15 is 0 Å². The van der Waals surface area contributed by atoms with Crippen molar-refractivity contribution < 1.29 is 4.74 Å². The molecule has 0 radical (unpaired) electrons. The van der Waals surface area contributed by atoms with E-state index < -0.39 is 0 Å². The molecule has 0 bridgehead atoms. The fourth-order valence-electron chi connectivity index (χ4n) is 3.42. The lowest BCUT2D eigenvalue weighted by atomic mass is 9.94. The Morgan fingerprint density at radius 1 is 1.30 bits per heavy atom. The second-order valence-electron chi connectivity index (χ2n) is 7.06. The summed E-state index contributed by atoms with van der Waals surface area (Å²) in [5, 5.41) is 8.21. The van der Waals surface area contributed by atoms with Gasteiger partial charge in [0.25, 0.3) is 0 Å². The Bertz CT molecular complexity index is 488. The maximum Gasteiger partial charge on any atom is 0.0858 e. The van der Waals surface area contributed by atoms with Crippen molar-refractivity contribution in [3.63, 3.8) is 0 Å². The summed E-state index contributed by atoms with van der Waals surface area (Å²) in [6.07, 6.45) is 1.00. The quantitative estimate of drug-likeness (QED) is 0.920. The van der Waals surface area contributed by atoms with E-state index in [9.17, 15) is 0 Å². The summed E-state index contributed by atoms with van der Waals surface area (Å²) in [4.78, 5) is 0. The Kier molecular flexibility index (Phi) is 4.00. The first kappa shape index (κ1) is 15.5. The number of nitrogens with zero attached hydrogens (tertiary/aromatic N) is 2. The zero-order valence-electron chi connectivity index (χ0n) is 14.0. The molecule has 1 aliphatic rings. The smallest absolute Gasteiger partial charge is 0.0858 e. The van der Waals surface area contributed by atoms with Gasteiger partial charge in [-0.3, -0.25) is 4.68 Å². The van der Waals surface area contributed by atoms with E-state index in [4.69, 9.17) is 9.84 Å². The molecule has 1 N–H and O–H groups in total. The molecule has 20 heavy (non-hydrogen) atoms. The highest BCUT2D eigenvalue weighted by Crippen LogP contribution is 2.45. The van der Waals surface area contributed by atoms with Crippen LogP contribution in [0.1, 0.15) is 64.0 Å². The molecule has 1 atom stereocenters. The average Bonchev–Trinajstić information content (AvgIpc) is 2.70. The maximum absolute atomic E-state index is 6.21. The van der Waals surface area contributed by atoms with Crippen LogP contribution >= 0.6 is 0 Å². The van der Waals surface area contributed by atoms with Gasteiger partial charge in [0.1, 0.15) is 0 Å². The molecule has 1 unspecified atom stereocenters. The van der Waals surface area contributed by atoms with Crippen molar-refractivity contribution in [1.29, 1.82) is 0 Å². The molecule has 0 spiro atoms. The van der Waals surface area contributed by atoms with Crippen LogP contribution in [0.4, 0.5) is 0 Å². The molecular weight excluding hydrogens is 250 g/mol. The standard InChI is InChI=1S/C16H29N3O/c1-8-17-10-13-11(2)18-19(12(13)3)14-9-15(4,5)20-16(14,6)7/h14,17H,8-10H2,1-7H3. The number of hydrogen-bond acceptors (Lipinski definition) is 3. The molecule has 1 aliphatic heterocycles. The summed E-state index contributed by atoms with van der Waals surface area (Å²) in [6.45, 7) is 17.0. The van der Waals surface area contributed by atoms with Crippen LogP contribution < -0.4 is 5.32 Å². The first-order valence-corrected chi connectivity index (χ1v) is 7.63. The predicted molar refractivity (Wildman–Crippen MR) is 82.0 cm³/mol. The Labute approximate surface area is 122 Å². The van der Waals surface area contributed by atoms with Crippen LogP contribution in [0.15, 0.2) is 0 Å². The van der Waals surface area contributed by atoms with E-state index in [1.807, 2.05) is 0 Å². The van der Waals surface area contributed by atoms with Crippen LogP contribution in [0.5, 0.6) is 0 Å². The Hall–Kier alpha value is -0.870. The Morgan fingerprint density at radius 3 is 2.45 bits per heavy atom. The first-order chi connectivity index (χ1) is 9.18. The van der Waals surface area contributed by atoms with Gasteiger partial charge in [-0.2, -0.15) is 5.10 Å². The van der Waals surface area contributed by atoms with Crippen LogP contribution in [-0.4, -0.2) is 27.5 Å². The summed E-state index contributed by atoms with van der Waals surface area (Å²) >= 11 is 0. The number of aryl methyl sites for hydroxylation is 1. The molecule has 0 aliphatic carbocycles. The van der Waals surface area contributed by atoms with Crippen LogP contribution in [0.2, 0.25) is 0 Å². The molecule has 2 heterocycles. The molecule has 1 aromatic heterocycles. The number of aromatic nitrogens is 2. The van der Waals surface area contributed by atoms with Crippen molar-refractivity contribution in [2.45, 2.75) is 78.7 Å². The van der Waals surface area contributed by atoms with Crippen molar-refractivity contribution >= 4 is 0 Å². The van der Waals surface area contributed by atoms with Crippen molar-refractivity contribution in [3.8, 4) is 0 Å². The predicted octanol–water partition coefficient (Wildman–Crippen LogP) is 3.13. The lowest BCUT2D eigenvalue weighted by Crippen LogP contribution is -2.32. The fourth-order valence-corrected chi connectivity index (χ4v) is 3.42. The minimum absolute atomic E-state index is 0.0811. The molecule has 4 heteroatoms. The van der Waals surface area contributed by atoms with Gasteiger partial charge in [-0.05, 0) is 48.1 Å². The van der Waals surface area contributed by atoms with Gasteiger partial charge in [-0.25, -0.2) is 0 Å². The highest BCUT2D eigenvalue weighted by Gasteiger charge is 2.47. The highest BCUT2D eigenvalue weighted by atomic mass is 16.5. The van der Waals surface area contributed by atoms with E-state index in [1.54, 1.807) is 0 Å². The van der Waals surface area contributed by atoms with Gasteiger partial charge in [0.2, 0.25) is 0 Å². The first-order valence-electron chi connectivity index (χ1n) is 7.63. The van der Waals surface area contributed by atoms with Gasteiger partial charge in [-0.1, -0.05) is 6.92 Å². The second-order valence-corrected chi connectivity index (χ2v) is 7.06. The molecule has 1 saturated heterocycles. The van der Waals surface area contributed by atoms with Crippen molar-refractivity contribution in [3.05, 3.63) is 17.0 Å². The lowest BCUT2D eigenvalue weighted by Gasteiger charge is -2.28. The fraction of sp³-hybridized carbons (Fsp3) is 0.812. The number of ether oxygens (including phenoxy) is 1. The monoisotopic (exact) mass is 279 g/mol. The third kappa shape index (κ3) is 2.77. The zero-order valence-corrected chi connectivity index (χ0v) is 14.0. The molecule has 1 aromatic rings. The van der Waals surface area contributed by atoms with Gasteiger partial charge >= 0.3 is 0 Å². The third-order valence-corrected chi connectivity index (χ3v) is 4.35. The largest absolute Gasteiger partial charge is 0.367 e. The van der Waals surface area contributed by atoms with Crippen LogP contribution in [0.3, 0.4) is 0 Å².